The summed E-state index contributed by atoms with van der Waals surface area (Å²) in [4.78, 5) is 3.96. The highest BCUT2D eigenvalue weighted by atomic mass is 14.8. The molecule has 0 atom stereocenters. The third-order valence-electron chi connectivity index (χ3n) is 1.87. The number of fused-ring (bicyclic) bond motifs is 1. The number of hydrogen-bond donors (Lipinski definition) is 1. The molecule has 0 bridgehead atoms. The van der Waals surface area contributed by atoms with Crippen LogP contribution in [0.3, 0.4) is 0 Å². The SMILES string of the molecule is N#Cc1ccc2cnc(N)cc2c1. The summed E-state index contributed by atoms with van der Waals surface area (Å²) >= 11 is 0. The minimum atomic E-state index is 0.475. The van der Waals surface area contributed by atoms with Crippen LogP contribution in [0.15, 0.2) is 30.5 Å². The van der Waals surface area contributed by atoms with E-state index in [2.05, 4.69) is 11.1 Å². The van der Waals surface area contributed by atoms with Crippen molar-refractivity contribution in [2.75, 3.05) is 5.73 Å². The minimum Gasteiger partial charge on any atom is -0.384 e. The van der Waals surface area contributed by atoms with E-state index in [1.807, 2.05) is 6.07 Å². The van der Waals surface area contributed by atoms with E-state index < -0.39 is 0 Å². The van der Waals surface area contributed by atoms with Crippen molar-refractivity contribution in [1.82, 2.24) is 4.98 Å². The number of benzene rings is 1. The van der Waals surface area contributed by atoms with E-state index in [0.717, 1.165) is 10.8 Å². The number of anilines is 1. The Morgan fingerprint density at radius 2 is 2.08 bits per heavy atom. The average Bonchev–Trinajstić information content (AvgIpc) is 2.16. The van der Waals surface area contributed by atoms with E-state index in [1.54, 1.807) is 24.4 Å². The van der Waals surface area contributed by atoms with Crippen molar-refractivity contribution in [2.45, 2.75) is 0 Å². The Balaban J connectivity index is 2.77. The fraction of sp³-hybridized carbons (Fsp3) is 0. The van der Waals surface area contributed by atoms with Crippen molar-refractivity contribution in [1.29, 1.82) is 5.26 Å². The van der Waals surface area contributed by atoms with Crippen LogP contribution >= 0.6 is 0 Å². The van der Waals surface area contributed by atoms with Gasteiger partial charge in [0.05, 0.1) is 11.6 Å². The van der Waals surface area contributed by atoms with Gasteiger partial charge in [0.1, 0.15) is 5.82 Å². The van der Waals surface area contributed by atoms with Crippen LogP contribution in [0.1, 0.15) is 5.56 Å². The molecule has 0 aliphatic carbocycles. The summed E-state index contributed by atoms with van der Waals surface area (Å²) in [6.45, 7) is 0. The smallest absolute Gasteiger partial charge is 0.123 e. The molecule has 3 heteroatoms. The van der Waals surface area contributed by atoms with E-state index in [1.165, 1.54) is 0 Å². The highest BCUT2D eigenvalue weighted by Gasteiger charge is 1.96. The van der Waals surface area contributed by atoms with E-state index >= 15 is 0 Å². The molecule has 1 heterocycles. The van der Waals surface area contributed by atoms with Crippen LogP contribution in [-0.2, 0) is 0 Å². The molecule has 0 saturated heterocycles. The average molecular weight is 169 g/mol. The van der Waals surface area contributed by atoms with Crippen molar-refractivity contribution in [2.24, 2.45) is 0 Å². The quantitative estimate of drug-likeness (QED) is 0.652. The van der Waals surface area contributed by atoms with Gasteiger partial charge in [-0.1, -0.05) is 6.07 Å². The predicted octanol–water partition coefficient (Wildman–Crippen LogP) is 1.69. The second-order valence-corrected chi connectivity index (χ2v) is 2.78. The molecule has 0 aliphatic rings. The molecule has 0 saturated carbocycles. The molecule has 0 spiro atoms. The number of nitrogens with two attached hydrogens (primary N) is 1. The Bertz CT molecular complexity index is 497. The standard InChI is InChI=1S/C10H7N3/c11-5-7-1-2-8-6-13-10(12)4-9(8)3-7/h1-4,6H,(H2,12,13). The minimum absolute atomic E-state index is 0.475. The van der Waals surface area contributed by atoms with Gasteiger partial charge in [-0.15, -0.1) is 0 Å². The van der Waals surface area contributed by atoms with Gasteiger partial charge in [0.25, 0.3) is 0 Å². The van der Waals surface area contributed by atoms with Gasteiger partial charge in [0.15, 0.2) is 0 Å². The molecule has 0 radical (unpaired) electrons. The van der Waals surface area contributed by atoms with E-state index in [-0.39, 0.29) is 0 Å². The van der Waals surface area contributed by atoms with E-state index in [0.29, 0.717) is 11.4 Å². The number of nitrogen functional groups attached to an aromatic ring is 1. The van der Waals surface area contributed by atoms with Crippen LogP contribution in [0.2, 0.25) is 0 Å². The molecule has 2 aromatic rings. The zero-order chi connectivity index (χ0) is 9.26. The number of nitrogens with zero attached hydrogens (tertiary/aromatic N) is 2. The van der Waals surface area contributed by atoms with Gasteiger partial charge >= 0.3 is 0 Å². The normalized spacial score (nSPS) is 9.77. The Labute approximate surface area is 75.4 Å². The van der Waals surface area contributed by atoms with Gasteiger partial charge in [0.2, 0.25) is 0 Å². The summed E-state index contributed by atoms with van der Waals surface area (Å²) in [5.74, 6) is 0.475. The Hall–Kier alpha value is -2.08. The van der Waals surface area contributed by atoms with Crippen molar-refractivity contribution < 1.29 is 0 Å². The molecule has 1 aromatic heterocycles. The lowest BCUT2D eigenvalue weighted by molar-refractivity contribution is 1.37. The second-order valence-electron chi connectivity index (χ2n) is 2.78. The van der Waals surface area contributed by atoms with Gasteiger partial charge in [0, 0.05) is 11.6 Å². The molecule has 1 aromatic carbocycles. The highest BCUT2D eigenvalue weighted by molar-refractivity contribution is 5.84. The maximum Gasteiger partial charge on any atom is 0.123 e. The number of aromatic nitrogens is 1. The molecular weight excluding hydrogens is 162 g/mol. The first-order chi connectivity index (χ1) is 6.29. The molecule has 0 aliphatic heterocycles. The first-order valence-electron chi connectivity index (χ1n) is 3.85. The second kappa shape index (κ2) is 2.76. The van der Waals surface area contributed by atoms with Gasteiger partial charge in [-0.05, 0) is 23.6 Å². The maximum atomic E-state index is 8.67. The van der Waals surface area contributed by atoms with Crippen LogP contribution in [-0.4, -0.2) is 4.98 Å². The van der Waals surface area contributed by atoms with Crippen LogP contribution in [0.25, 0.3) is 10.8 Å². The Morgan fingerprint density at radius 3 is 2.85 bits per heavy atom. The van der Waals surface area contributed by atoms with Crippen molar-refractivity contribution in [3.05, 3.63) is 36.0 Å². The third-order valence-corrected chi connectivity index (χ3v) is 1.87. The van der Waals surface area contributed by atoms with E-state index in [4.69, 9.17) is 11.0 Å². The van der Waals surface area contributed by atoms with Crippen molar-refractivity contribution >= 4 is 16.6 Å². The number of nitriles is 1. The Morgan fingerprint density at radius 1 is 1.23 bits per heavy atom. The van der Waals surface area contributed by atoms with Crippen LogP contribution < -0.4 is 5.73 Å². The topological polar surface area (TPSA) is 62.7 Å². The van der Waals surface area contributed by atoms with Gasteiger partial charge in [-0.3, -0.25) is 0 Å². The lowest BCUT2D eigenvalue weighted by atomic mass is 10.1. The van der Waals surface area contributed by atoms with Gasteiger partial charge in [-0.2, -0.15) is 5.26 Å². The molecule has 0 unspecified atom stereocenters. The summed E-state index contributed by atoms with van der Waals surface area (Å²) in [7, 11) is 0. The fourth-order valence-corrected chi connectivity index (χ4v) is 1.23. The molecule has 2 rings (SSSR count). The summed E-state index contributed by atoms with van der Waals surface area (Å²) in [5, 5.41) is 10.6. The molecule has 13 heavy (non-hydrogen) atoms. The Kier molecular flexibility index (Phi) is 1.60. The first-order valence-corrected chi connectivity index (χ1v) is 3.85. The predicted molar refractivity (Wildman–Crippen MR) is 50.9 cm³/mol. The fourth-order valence-electron chi connectivity index (χ4n) is 1.23. The summed E-state index contributed by atoms with van der Waals surface area (Å²) in [6.07, 6.45) is 1.70. The zero-order valence-electron chi connectivity index (χ0n) is 6.86. The largest absolute Gasteiger partial charge is 0.384 e. The highest BCUT2D eigenvalue weighted by Crippen LogP contribution is 2.16. The van der Waals surface area contributed by atoms with Crippen LogP contribution in [0.4, 0.5) is 5.82 Å². The van der Waals surface area contributed by atoms with Gasteiger partial charge in [-0.25, -0.2) is 4.98 Å². The molecule has 0 fully saturated rings. The summed E-state index contributed by atoms with van der Waals surface area (Å²) in [6, 6.07) is 9.26. The lowest BCUT2D eigenvalue weighted by Crippen LogP contribution is -1.88. The van der Waals surface area contributed by atoms with Crippen molar-refractivity contribution in [3.63, 3.8) is 0 Å². The molecular formula is C10H7N3. The van der Waals surface area contributed by atoms with Gasteiger partial charge < -0.3 is 5.73 Å². The molecule has 2 N–H and O–H groups in total. The van der Waals surface area contributed by atoms with Crippen LogP contribution in [0, 0.1) is 11.3 Å². The molecule has 62 valence electrons. The third kappa shape index (κ3) is 1.30. The number of hydrogen-bond acceptors (Lipinski definition) is 3. The number of rotatable bonds is 0. The lowest BCUT2D eigenvalue weighted by Gasteiger charge is -1.98. The van der Waals surface area contributed by atoms with Crippen molar-refractivity contribution in [3.8, 4) is 6.07 Å². The van der Waals surface area contributed by atoms with Crippen LogP contribution in [0.5, 0.6) is 0 Å². The molecule has 3 nitrogen and oxygen atoms in total. The van der Waals surface area contributed by atoms with E-state index in [9.17, 15) is 0 Å². The summed E-state index contributed by atoms with van der Waals surface area (Å²) < 4.78 is 0. The molecule has 0 amide bonds. The maximum absolute atomic E-state index is 8.67. The zero-order valence-corrected chi connectivity index (χ0v) is 6.86. The summed E-state index contributed by atoms with van der Waals surface area (Å²) in [5.41, 5.74) is 6.16. The first kappa shape index (κ1) is 7.56. The number of pyridine rings is 1. The monoisotopic (exact) mass is 169 g/mol.